The predicted molar refractivity (Wildman–Crippen MR) is 89.7 cm³/mol. The zero-order chi connectivity index (χ0) is 17.5. The lowest BCUT2D eigenvalue weighted by atomic mass is 9.97. The number of hydrogen-bond donors (Lipinski definition) is 2. The maximum atomic E-state index is 13.2. The molecular formula is C18H20FN3O2. The van der Waals surface area contributed by atoms with Crippen LogP contribution in [0.4, 0.5) is 9.18 Å². The summed E-state index contributed by atoms with van der Waals surface area (Å²) in [5.41, 5.74) is 6.88. The Labute approximate surface area is 140 Å². The van der Waals surface area contributed by atoms with E-state index in [2.05, 4.69) is 0 Å². The minimum atomic E-state index is -0.860. The standard InChI is InChI=1S/C18H20FN3O2/c1-22(12-11-16(23)21-18(20)24)17(13-5-3-2-4-6-13)14-7-9-15(19)10-8-14/h2-10,17H,11-12H2,1H3,(H3,20,21,23,24). The third kappa shape index (κ3) is 4.89. The fraction of sp³-hybridized carbons (Fsp3) is 0.222. The third-order valence-corrected chi connectivity index (χ3v) is 3.70. The maximum absolute atomic E-state index is 13.2. The van der Waals surface area contributed by atoms with Gasteiger partial charge < -0.3 is 5.73 Å². The van der Waals surface area contributed by atoms with Crippen LogP contribution in [0.5, 0.6) is 0 Å². The van der Waals surface area contributed by atoms with Gasteiger partial charge in [0.25, 0.3) is 0 Å². The molecule has 5 nitrogen and oxygen atoms in total. The first-order valence-corrected chi connectivity index (χ1v) is 7.57. The SMILES string of the molecule is CN(CCC(=O)NC(N)=O)C(c1ccccc1)c1ccc(F)cc1. The minimum Gasteiger partial charge on any atom is -0.351 e. The van der Waals surface area contributed by atoms with Crippen molar-refractivity contribution < 1.29 is 14.0 Å². The molecule has 0 fully saturated rings. The quantitative estimate of drug-likeness (QED) is 0.855. The summed E-state index contributed by atoms with van der Waals surface area (Å²) in [5.74, 6) is -0.727. The molecule has 0 aliphatic heterocycles. The van der Waals surface area contributed by atoms with E-state index in [0.29, 0.717) is 6.54 Å². The molecule has 0 heterocycles. The summed E-state index contributed by atoms with van der Waals surface area (Å²) in [4.78, 5) is 24.3. The minimum absolute atomic E-state index is 0.129. The van der Waals surface area contributed by atoms with Crippen LogP contribution in [-0.4, -0.2) is 30.4 Å². The molecule has 126 valence electrons. The summed E-state index contributed by atoms with van der Waals surface area (Å²) in [6.45, 7) is 0.413. The molecule has 3 amide bonds. The summed E-state index contributed by atoms with van der Waals surface area (Å²) >= 11 is 0. The van der Waals surface area contributed by atoms with Gasteiger partial charge in [0, 0.05) is 13.0 Å². The fourth-order valence-corrected chi connectivity index (χ4v) is 2.59. The number of nitrogens with zero attached hydrogens (tertiary/aromatic N) is 1. The molecule has 0 bridgehead atoms. The second kappa shape index (κ2) is 8.21. The number of rotatable bonds is 6. The summed E-state index contributed by atoms with van der Waals surface area (Å²) < 4.78 is 13.2. The number of hydrogen-bond acceptors (Lipinski definition) is 3. The van der Waals surface area contributed by atoms with Gasteiger partial charge in [-0.2, -0.15) is 0 Å². The van der Waals surface area contributed by atoms with Crippen molar-refractivity contribution in [2.24, 2.45) is 5.73 Å². The van der Waals surface area contributed by atoms with Gasteiger partial charge >= 0.3 is 6.03 Å². The molecule has 0 saturated heterocycles. The van der Waals surface area contributed by atoms with Crippen molar-refractivity contribution in [1.29, 1.82) is 0 Å². The van der Waals surface area contributed by atoms with Gasteiger partial charge in [-0.1, -0.05) is 42.5 Å². The molecule has 1 unspecified atom stereocenters. The number of carbonyl (C=O) groups excluding carboxylic acids is 2. The molecule has 3 N–H and O–H groups in total. The van der Waals surface area contributed by atoms with Crippen LogP contribution in [0.25, 0.3) is 0 Å². The van der Waals surface area contributed by atoms with Crippen LogP contribution < -0.4 is 11.1 Å². The van der Waals surface area contributed by atoms with Crippen molar-refractivity contribution in [2.75, 3.05) is 13.6 Å². The molecular weight excluding hydrogens is 309 g/mol. The number of urea groups is 1. The highest BCUT2D eigenvalue weighted by Crippen LogP contribution is 2.27. The zero-order valence-electron chi connectivity index (χ0n) is 13.4. The third-order valence-electron chi connectivity index (χ3n) is 3.70. The Balaban J connectivity index is 2.18. The Morgan fingerprint density at radius 1 is 1.08 bits per heavy atom. The van der Waals surface area contributed by atoms with Gasteiger partial charge in [0.15, 0.2) is 0 Å². The van der Waals surface area contributed by atoms with Crippen LogP contribution in [0.15, 0.2) is 54.6 Å². The lowest BCUT2D eigenvalue weighted by Gasteiger charge is -2.29. The van der Waals surface area contributed by atoms with Gasteiger partial charge in [0.2, 0.25) is 5.91 Å². The molecule has 2 rings (SSSR count). The van der Waals surface area contributed by atoms with Gasteiger partial charge in [-0.15, -0.1) is 0 Å². The van der Waals surface area contributed by atoms with E-state index in [1.54, 1.807) is 12.1 Å². The monoisotopic (exact) mass is 329 g/mol. The van der Waals surface area contributed by atoms with Crippen molar-refractivity contribution in [2.45, 2.75) is 12.5 Å². The largest absolute Gasteiger partial charge is 0.351 e. The number of nitrogens with one attached hydrogen (secondary N) is 1. The summed E-state index contributed by atoms with van der Waals surface area (Å²) in [7, 11) is 1.87. The Morgan fingerprint density at radius 2 is 1.67 bits per heavy atom. The van der Waals surface area contributed by atoms with Gasteiger partial charge in [0.05, 0.1) is 6.04 Å². The summed E-state index contributed by atoms with van der Waals surface area (Å²) in [6.07, 6.45) is 0.129. The normalized spacial score (nSPS) is 12.0. The van der Waals surface area contributed by atoms with Gasteiger partial charge in [0.1, 0.15) is 5.82 Å². The van der Waals surface area contributed by atoms with Gasteiger partial charge in [-0.05, 0) is 30.3 Å². The zero-order valence-corrected chi connectivity index (χ0v) is 13.4. The first-order chi connectivity index (χ1) is 11.5. The van der Waals surface area contributed by atoms with E-state index in [1.807, 2.05) is 47.6 Å². The number of benzene rings is 2. The second-order valence-corrected chi connectivity index (χ2v) is 5.51. The van der Waals surface area contributed by atoms with E-state index in [9.17, 15) is 14.0 Å². The highest BCUT2D eigenvalue weighted by Gasteiger charge is 2.20. The highest BCUT2D eigenvalue weighted by atomic mass is 19.1. The van der Waals surface area contributed by atoms with E-state index in [-0.39, 0.29) is 18.3 Å². The van der Waals surface area contributed by atoms with Crippen LogP contribution >= 0.6 is 0 Å². The number of amides is 3. The van der Waals surface area contributed by atoms with Crippen molar-refractivity contribution in [1.82, 2.24) is 10.2 Å². The fourth-order valence-electron chi connectivity index (χ4n) is 2.59. The predicted octanol–water partition coefficient (Wildman–Crippen LogP) is 2.43. The van der Waals surface area contributed by atoms with Crippen LogP contribution in [-0.2, 0) is 4.79 Å². The average molecular weight is 329 g/mol. The van der Waals surface area contributed by atoms with Crippen molar-refractivity contribution >= 4 is 11.9 Å². The van der Waals surface area contributed by atoms with Crippen LogP contribution in [0.2, 0.25) is 0 Å². The maximum Gasteiger partial charge on any atom is 0.318 e. The van der Waals surface area contributed by atoms with Crippen LogP contribution in [0, 0.1) is 5.82 Å². The van der Waals surface area contributed by atoms with Crippen LogP contribution in [0.1, 0.15) is 23.6 Å². The molecule has 0 radical (unpaired) electrons. The highest BCUT2D eigenvalue weighted by molar-refractivity contribution is 5.93. The topological polar surface area (TPSA) is 75.4 Å². The van der Waals surface area contributed by atoms with Gasteiger partial charge in [-0.25, -0.2) is 9.18 Å². The Kier molecular flexibility index (Phi) is 6.03. The molecule has 6 heteroatoms. The molecule has 24 heavy (non-hydrogen) atoms. The first-order valence-electron chi connectivity index (χ1n) is 7.57. The number of primary amides is 1. The van der Waals surface area contributed by atoms with Gasteiger partial charge in [-0.3, -0.25) is 15.0 Å². The molecule has 0 saturated carbocycles. The van der Waals surface area contributed by atoms with Crippen molar-refractivity contribution in [3.8, 4) is 0 Å². The van der Waals surface area contributed by atoms with Crippen molar-refractivity contribution in [3.63, 3.8) is 0 Å². The Morgan fingerprint density at radius 3 is 2.25 bits per heavy atom. The lowest BCUT2D eigenvalue weighted by Crippen LogP contribution is -2.37. The summed E-state index contributed by atoms with van der Waals surface area (Å²) in [5, 5.41) is 2.05. The van der Waals surface area contributed by atoms with E-state index >= 15 is 0 Å². The molecule has 0 aromatic heterocycles. The van der Waals surface area contributed by atoms with E-state index in [4.69, 9.17) is 5.73 Å². The Bertz CT molecular complexity index is 689. The average Bonchev–Trinajstić information content (AvgIpc) is 2.55. The number of imide groups is 1. The van der Waals surface area contributed by atoms with E-state index in [0.717, 1.165) is 11.1 Å². The van der Waals surface area contributed by atoms with Crippen LogP contribution in [0.3, 0.4) is 0 Å². The van der Waals surface area contributed by atoms with E-state index < -0.39 is 11.9 Å². The summed E-state index contributed by atoms with van der Waals surface area (Å²) in [6, 6.07) is 15.0. The molecule has 0 aliphatic carbocycles. The smallest absolute Gasteiger partial charge is 0.318 e. The molecule has 1 atom stereocenters. The molecule has 0 aliphatic rings. The molecule has 2 aromatic rings. The van der Waals surface area contributed by atoms with Crippen molar-refractivity contribution in [3.05, 3.63) is 71.5 Å². The first kappa shape index (κ1) is 17.6. The molecule has 2 aromatic carbocycles. The van der Waals surface area contributed by atoms with E-state index in [1.165, 1.54) is 12.1 Å². The lowest BCUT2D eigenvalue weighted by molar-refractivity contribution is -0.120. The molecule has 0 spiro atoms. The number of halogens is 1. The Hall–Kier alpha value is -2.73. The number of carbonyl (C=O) groups is 2. The second-order valence-electron chi connectivity index (χ2n) is 5.51. The number of nitrogens with two attached hydrogens (primary N) is 1.